The highest BCUT2D eigenvalue weighted by molar-refractivity contribution is 14.1. The molecule has 0 aliphatic carbocycles. The van der Waals surface area contributed by atoms with E-state index in [1.807, 2.05) is 0 Å². The van der Waals surface area contributed by atoms with E-state index < -0.39 is 11.6 Å². The fraction of sp³-hybridized carbons (Fsp3) is 0. The van der Waals surface area contributed by atoms with Crippen LogP contribution >= 0.6 is 33.9 Å². The smallest absolute Gasteiger partial charge is 0.256 e. The number of nitrogens with one attached hydrogen (secondary N) is 1. The molecular weight excluding hydrogens is 356 g/mol. The first kappa shape index (κ1) is 12.3. The van der Waals surface area contributed by atoms with Gasteiger partial charge in [-0.25, -0.2) is 4.39 Å². The highest BCUT2D eigenvalue weighted by Gasteiger charge is 2.09. The number of halogens is 2. The summed E-state index contributed by atoms with van der Waals surface area (Å²) in [6.07, 6.45) is 0. The number of rotatable bonds is 2. The van der Waals surface area contributed by atoms with Gasteiger partial charge in [0.15, 0.2) is 11.6 Å². The van der Waals surface area contributed by atoms with Crippen LogP contribution in [-0.4, -0.2) is 11.0 Å². The molecule has 1 aromatic carbocycles. The van der Waals surface area contributed by atoms with Crippen molar-refractivity contribution in [2.75, 3.05) is 5.32 Å². The van der Waals surface area contributed by atoms with Gasteiger partial charge in [-0.2, -0.15) is 0 Å². The summed E-state index contributed by atoms with van der Waals surface area (Å²) < 4.78 is 14.0. The van der Waals surface area contributed by atoms with Gasteiger partial charge in [0.05, 0.1) is 8.45 Å². The molecule has 6 heteroatoms. The molecule has 0 bridgehead atoms. The van der Waals surface area contributed by atoms with Crippen molar-refractivity contribution < 1.29 is 14.3 Å². The van der Waals surface area contributed by atoms with Crippen LogP contribution in [0.4, 0.5) is 10.1 Å². The van der Waals surface area contributed by atoms with E-state index in [-0.39, 0.29) is 5.91 Å². The minimum absolute atomic E-state index is 0.297. The molecule has 2 rings (SSSR count). The summed E-state index contributed by atoms with van der Waals surface area (Å²) in [6.45, 7) is 0. The normalized spacial score (nSPS) is 10.2. The zero-order valence-corrected chi connectivity index (χ0v) is 11.4. The Balaban J connectivity index is 2.15. The number of hydrogen-bond donors (Lipinski definition) is 2. The number of phenolic OH excluding ortho intramolecular Hbond substituents is 1. The highest BCUT2D eigenvalue weighted by Crippen LogP contribution is 2.21. The molecule has 1 amide bonds. The van der Waals surface area contributed by atoms with E-state index in [0.717, 1.165) is 8.95 Å². The van der Waals surface area contributed by atoms with Crippen LogP contribution in [0.5, 0.6) is 5.75 Å². The number of anilines is 1. The molecule has 88 valence electrons. The van der Waals surface area contributed by atoms with E-state index in [9.17, 15) is 9.18 Å². The van der Waals surface area contributed by atoms with Crippen LogP contribution in [0.2, 0.25) is 0 Å². The van der Waals surface area contributed by atoms with Gasteiger partial charge in [0, 0.05) is 17.1 Å². The van der Waals surface area contributed by atoms with Gasteiger partial charge in [0.2, 0.25) is 0 Å². The van der Waals surface area contributed by atoms with Crippen LogP contribution in [-0.2, 0) is 0 Å². The average Bonchev–Trinajstić information content (AvgIpc) is 2.70. The predicted molar refractivity (Wildman–Crippen MR) is 73.1 cm³/mol. The molecule has 17 heavy (non-hydrogen) atoms. The van der Waals surface area contributed by atoms with Crippen LogP contribution < -0.4 is 5.32 Å². The van der Waals surface area contributed by atoms with E-state index in [1.165, 1.54) is 23.5 Å². The van der Waals surface area contributed by atoms with Crippen molar-refractivity contribution in [2.24, 2.45) is 0 Å². The van der Waals surface area contributed by atoms with Gasteiger partial charge in [-0.3, -0.25) is 4.79 Å². The third kappa shape index (κ3) is 2.95. The molecule has 2 aromatic rings. The van der Waals surface area contributed by atoms with Crippen LogP contribution in [0, 0.1) is 8.70 Å². The van der Waals surface area contributed by atoms with Gasteiger partial charge < -0.3 is 10.4 Å². The summed E-state index contributed by atoms with van der Waals surface area (Å²) in [6, 6.07) is 5.46. The van der Waals surface area contributed by atoms with Crippen LogP contribution in [0.3, 0.4) is 0 Å². The monoisotopic (exact) mass is 363 g/mol. The Morgan fingerprint density at radius 2 is 2.18 bits per heavy atom. The van der Waals surface area contributed by atoms with Crippen molar-refractivity contribution >= 4 is 45.5 Å². The molecule has 0 aliphatic heterocycles. The topological polar surface area (TPSA) is 49.3 Å². The molecular formula is C11H7FINO2S. The quantitative estimate of drug-likeness (QED) is 0.634. The summed E-state index contributed by atoms with van der Waals surface area (Å²) in [5, 5.41) is 13.3. The molecule has 0 saturated heterocycles. The van der Waals surface area contributed by atoms with Crippen LogP contribution in [0.1, 0.15) is 10.4 Å². The fourth-order valence-electron chi connectivity index (χ4n) is 1.22. The Kier molecular flexibility index (Phi) is 3.63. The van der Waals surface area contributed by atoms with E-state index >= 15 is 0 Å². The number of hydrogen-bond acceptors (Lipinski definition) is 3. The van der Waals surface area contributed by atoms with Gasteiger partial charge in [-0.15, -0.1) is 11.3 Å². The van der Waals surface area contributed by atoms with Gasteiger partial charge in [-0.05, 0) is 40.8 Å². The van der Waals surface area contributed by atoms with Crippen molar-refractivity contribution in [3.05, 3.63) is 43.9 Å². The second-order valence-electron chi connectivity index (χ2n) is 3.26. The van der Waals surface area contributed by atoms with Gasteiger partial charge in [-0.1, -0.05) is 0 Å². The third-order valence-corrected chi connectivity index (χ3v) is 3.82. The third-order valence-electron chi connectivity index (χ3n) is 2.04. The lowest BCUT2D eigenvalue weighted by atomic mass is 10.2. The summed E-state index contributed by atoms with van der Waals surface area (Å²) in [7, 11) is 0. The Labute approximate surface area is 114 Å². The van der Waals surface area contributed by atoms with Crippen LogP contribution in [0.15, 0.2) is 29.6 Å². The number of carbonyl (C=O) groups excluding carboxylic acids is 1. The van der Waals surface area contributed by atoms with Crippen molar-refractivity contribution in [2.45, 2.75) is 0 Å². The largest absolute Gasteiger partial charge is 0.505 e. The molecule has 0 aliphatic rings. The lowest BCUT2D eigenvalue weighted by Crippen LogP contribution is -2.10. The zero-order chi connectivity index (χ0) is 12.4. The Morgan fingerprint density at radius 3 is 2.76 bits per heavy atom. The maximum absolute atomic E-state index is 13.0. The molecule has 1 heterocycles. The van der Waals surface area contributed by atoms with Crippen molar-refractivity contribution in [3.63, 3.8) is 0 Å². The molecule has 0 radical (unpaired) electrons. The second-order valence-corrected chi connectivity index (χ2v) is 6.07. The van der Waals surface area contributed by atoms with E-state index in [0.29, 0.717) is 11.3 Å². The number of aromatic hydroxyl groups is 1. The van der Waals surface area contributed by atoms with Gasteiger partial charge >= 0.3 is 0 Å². The van der Waals surface area contributed by atoms with Crippen molar-refractivity contribution in [1.82, 2.24) is 0 Å². The number of amides is 1. The standard InChI is InChI=1S/C11H7FINO2S/c12-8-4-7(1-2-9(8)15)14-11(16)6-3-10(13)17-5-6/h1-5,15H,(H,14,16). The van der Waals surface area contributed by atoms with E-state index in [4.69, 9.17) is 5.11 Å². The first-order valence-electron chi connectivity index (χ1n) is 4.60. The average molecular weight is 363 g/mol. The molecule has 3 nitrogen and oxygen atoms in total. The summed E-state index contributed by atoms with van der Waals surface area (Å²) in [4.78, 5) is 11.7. The summed E-state index contributed by atoms with van der Waals surface area (Å²) in [5.74, 6) is -1.50. The van der Waals surface area contributed by atoms with Crippen molar-refractivity contribution in [3.8, 4) is 5.75 Å². The van der Waals surface area contributed by atoms with Gasteiger partial charge in [0.25, 0.3) is 5.91 Å². The minimum atomic E-state index is -0.761. The fourth-order valence-corrected chi connectivity index (χ4v) is 2.54. The van der Waals surface area contributed by atoms with E-state index in [2.05, 4.69) is 27.9 Å². The van der Waals surface area contributed by atoms with Crippen LogP contribution in [0.25, 0.3) is 0 Å². The number of thiophene rings is 1. The Morgan fingerprint density at radius 1 is 1.41 bits per heavy atom. The first-order valence-corrected chi connectivity index (χ1v) is 6.56. The second kappa shape index (κ2) is 5.01. The molecule has 0 unspecified atom stereocenters. The highest BCUT2D eigenvalue weighted by atomic mass is 127. The molecule has 0 saturated carbocycles. The zero-order valence-electron chi connectivity index (χ0n) is 8.41. The Hall–Kier alpha value is -1.15. The summed E-state index contributed by atoms with van der Waals surface area (Å²) in [5.41, 5.74) is 0.847. The lowest BCUT2D eigenvalue weighted by Gasteiger charge is -2.04. The van der Waals surface area contributed by atoms with E-state index in [1.54, 1.807) is 11.4 Å². The lowest BCUT2D eigenvalue weighted by molar-refractivity contribution is 0.102. The minimum Gasteiger partial charge on any atom is -0.505 e. The number of phenols is 1. The maximum Gasteiger partial charge on any atom is 0.256 e. The predicted octanol–water partition coefficient (Wildman–Crippen LogP) is 3.45. The maximum atomic E-state index is 13.0. The number of carbonyl (C=O) groups is 1. The Bertz CT molecular complexity index is 570. The molecule has 2 N–H and O–H groups in total. The van der Waals surface area contributed by atoms with Crippen molar-refractivity contribution in [1.29, 1.82) is 0 Å². The first-order chi connectivity index (χ1) is 8.06. The molecule has 1 aromatic heterocycles. The van der Waals surface area contributed by atoms with Gasteiger partial charge in [0.1, 0.15) is 0 Å². The molecule has 0 atom stereocenters. The summed E-state index contributed by atoms with van der Waals surface area (Å²) >= 11 is 3.58. The SMILES string of the molecule is O=C(Nc1ccc(O)c(F)c1)c1csc(I)c1. The molecule has 0 fully saturated rings. The number of benzene rings is 1. The molecule has 0 spiro atoms.